The van der Waals surface area contributed by atoms with Crippen molar-refractivity contribution >= 4 is 0 Å². The highest BCUT2D eigenvalue weighted by molar-refractivity contribution is 5.24. The second-order valence-electron chi connectivity index (χ2n) is 5.74. The number of hydrogen-bond acceptors (Lipinski definition) is 2. The number of furan rings is 1. The van der Waals surface area contributed by atoms with Gasteiger partial charge in [-0.25, -0.2) is 0 Å². The van der Waals surface area contributed by atoms with E-state index in [0.717, 1.165) is 12.3 Å². The van der Waals surface area contributed by atoms with E-state index in [2.05, 4.69) is 18.3 Å². The minimum Gasteiger partial charge on any atom is -0.469 e. The SMILES string of the molecule is C[C@@H](NC1CCCc2occc21)C1CCCC1. The summed E-state index contributed by atoms with van der Waals surface area (Å²) in [5.41, 5.74) is 1.42. The Morgan fingerprint density at radius 1 is 1.24 bits per heavy atom. The molecule has 2 atom stereocenters. The van der Waals surface area contributed by atoms with Gasteiger partial charge in [-0.05, 0) is 44.6 Å². The van der Waals surface area contributed by atoms with E-state index in [1.54, 1.807) is 0 Å². The van der Waals surface area contributed by atoms with Crippen LogP contribution in [0.5, 0.6) is 0 Å². The molecule has 2 aliphatic rings. The molecule has 1 heterocycles. The van der Waals surface area contributed by atoms with Gasteiger partial charge in [0.2, 0.25) is 0 Å². The van der Waals surface area contributed by atoms with Gasteiger partial charge in [-0.1, -0.05) is 12.8 Å². The van der Waals surface area contributed by atoms with Crippen LogP contribution in [-0.4, -0.2) is 6.04 Å². The Morgan fingerprint density at radius 3 is 2.88 bits per heavy atom. The molecule has 3 rings (SSSR count). The molecule has 17 heavy (non-hydrogen) atoms. The highest BCUT2D eigenvalue weighted by atomic mass is 16.3. The van der Waals surface area contributed by atoms with Gasteiger partial charge in [-0.15, -0.1) is 0 Å². The van der Waals surface area contributed by atoms with Gasteiger partial charge in [0.1, 0.15) is 5.76 Å². The Hall–Kier alpha value is -0.760. The molecule has 1 unspecified atom stereocenters. The molecule has 94 valence electrons. The van der Waals surface area contributed by atoms with Crippen LogP contribution < -0.4 is 5.32 Å². The summed E-state index contributed by atoms with van der Waals surface area (Å²) in [6.45, 7) is 2.37. The van der Waals surface area contributed by atoms with Gasteiger partial charge < -0.3 is 9.73 Å². The second kappa shape index (κ2) is 4.85. The largest absolute Gasteiger partial charge is 0.469 e. The minimum absolute atomic E-state index is 0.535. The van der Waals surface area contributed by atoms with E-state index >= 15 is 0 Å². The molecule has 1 aromatic rings. The van der Waals surface area contributed by atoms with Gasteiger partial charge in [-0.3, -0.25) is 0 Å². The van der Waals surface area contributed by atoms with Crippen LogP contribution in [-0.2, 0) is 6.42 Å². The first-order chi connectivity index (χ1) is 8.34. The smallest absolute Gasteiger partial charge is 0.108 e. The minimum atomic E-state index is 0.535. The summed E-state index contributed by atoms with van der Waals surface area (Å²) >= 11 is 0. The maximum absolute atomic E-state index is 5.55. The van der Waals surface area contributed by atoms with Crippen molar-refractivity contribution in [3.63, 3.8) is 0 Å². The van der Waals surface area contributed by atoms with Crippen molar-refractivity contribution in [1.82, 2.24) is 5.32 Å². The van der Waals surface area contributed by atoms with Gasteiger partial charge in [0.15, 0.2) is 0 Å². The topological polar surface area (TPSA) is 25.2 Å². The Labute approximate surface area is 104 Å². The third kappa shape index (κ3) is 2.28. The van der Waals surface area contributed by atoms with E-state index in [9.17, 15) is 0 Å². The summed E-state index contributed by atoms with van der Waals surface area (Å²) in [5.74, 6) is 2.11. The van der Waals surface area contributed by atoms with Crippen LogP contribution >= 0.6 is 0 Å². The number of nitrogens with one attached hydrogen (secondary N) is 1. The maximum atomic E-state index is 5.55. The molecule has 1 N–H and O–H groups in total. The third-order valence-electron chi connectivity index (χ3n) is 4.62. The van der Waals surface area contributed by atoms with Gasteiger partial charge in [0.25, 0.3) is 0 Å². The summed E-state index contributed by atoms with van der Waals surface area (Å²) in [6.07, 6.45) is 11.2. The van der Waals surface area contributed by atoms with E-state index in [4.69, 9.17) is 4.42 Å². The van der Waals surface area contributed by atoms with E-state index in [-0.39, 0.29) is 0 Å². The highest BCUT2D eigenvalue weighted by Gasteiger charge is 2.27. The molecule has 2 nitrogen and oxygen atoms in total. The van der Waals surface area contributed by atoms with Crippen molar-refractivity contribution in [3.8, 4) is 0 Å². The lowest BCUT2D eigenvalue weighted by atomic mass is 9.91. The van der Waals surface area contributed by atoms with Crippen molar-refractivity contribution in [2.24, 2.45) is 5.92 Å². The molecular formula is C15H23NO. The maximum Gasteiger partial charge on any atom is 0.108 e. The lowest BCUT2D eigenvalue weighted by molar-refractivity contribution is 0.317. The zero-order chi connectivity index (χ0) is 11.7. The molecule has 0 amide bonds. The zero-order valence-electron chi connectivity index (χ0n) is 10.7. The average molecular weight is 233 g/mol. The van der Waals surface area contributed by atoms with Crippen LogP contribution in [0.15, 0.2) is 16.7 Å². The van der Waals surface area contributed by atoms with E-state index < -0.39 is 0 Å². The molecule has 0 radical (unpaired) electrons. The van der Waals surface area contributed by atoms with Crippen molar-refractivity contribution in [3.05, 3.63) is 23.7 Å². The third-order valence-corrected chi connectivity index (χ3v) is 4.62. The van der Waals surface area contributed by atoms with Crippen molar-refractivity contribution < 1.29 is 4.42 Å². The van der Waals surface area contributed by atoms with Crippen LogP contribution in [0.4, 0.5) is 0 Å². The fourth-order valence-electron chi connectivity index (χ4n) is 3.57. The highest BCUT2D eigenvalue weighted by Crippen LogP contribution is 2.33. The zero-order valence-corrected chi connectivity index (χ0v) is 10.7. The van der Waals surface area contributed by atoms with Crippen LogP contribution in [0.1, 0.15) is 62.8 Å². The molecule has 1 aromatic heterocycles. The number of hydrogen-bond donors (Lipinski definition) is 1. The molecule has 0 aromatic carbocycles. The Bertz CT molecular complexity index is 365. The summed E-state index contributed by atoms with van der Waals surface area (Å²) < 4.78 is 5.55. The van der Waals surface area contributed by atoms with Crippen LogP contribution in [0, 0.1) is 5.92 Å². The van der Waals surface area contributed by atoms with E-state index in [0.29, 0.717) is 12.1 Å². The molecule has 0 bridgehead atoms. The molecule has 1 fully saturated rings. The predicted molar refractivity (Wildman–Crippen MR) is 68.9 cm³/mol. The Kier molecular flexibility index (Phi) is 3.24. The number of fused-ring (bicyclic) bond motifs is 1. The van der Waals surface area contributed by atoms with Gasteiger partial charge in [0, 0.05) is 24.1 Å². The first kappa shape index (κ1) is 11.3. The Balaban J connectivity index is 1.66. The van der Waals surface area contributed by atoms with E-state index in [1.807, 2.05) is 6.26 Å². The average Bonchev–Trinajstić information content (AvgIpc) is 3.00. The summed E-state index contributed by atoms with van der Waals surface area (Å²) in [5, 5.41) is 3.84. The quantitative estimate of drug-likeness (QED) is 0.858. The van der Waals surface area contributed by atoms with Crippen molar-refractivity contribution in [2.45, 2.75) is 64.0 Å². The monoisotopic (exact) mass is 233 g/mol. The van der Waals surface area contributed by atoms with Gasteiger partial charge in [-0.2, -0.15) is 0 Å². The van der Waals surface area contributed by atoms with Crippen LogP contribution in [0.3, 0.4) is 0 Å². The molecule has 2 aliphatic carbocycles. The fourth-order valence-corrected chi connectivity index (χ4v) is 3.57. The standard InChI is InChI=1S/C15H23NO/c1-11(12-5-2-3-6-12)16-14-7-4-8-15-13(14)9-10-17-15/h9-12,14,16H,2-8H2,1H3/t11-,14?/m1/s1. The molecule has 0 spiro atoms. The lowest BCUT2D eigenvalue weighted by Gasteiger charge is -2.29. The number of aryl methyl sites for hydroxylation is 1. The van der Waals surface area contributed by atoms with Crippen LogP contribution in [0.25, 0.3) is 0 Å². The van der Waals surface area contributed by atoms with Crippen molar-refractivity contribution in [2.75, 3.05) is 0 Å². The summed E-state index contributed by atoms with van der Waals surface area (Å²) in [6, 6.07) is 3.35. The Morgan fingerprint density at radius 2 is 2.06 bits per heavy atom. The molecular weight excluding hydrogens is 210 g/mol. The first-order valence-corrected chi connectivity index (χ1v) is 7.17. The number of rotatable bonds is 3. The van der Waals surface area contributed by atoms with Gasteiger partial charge in [0.05, 0.1) is 6.26 Å². The predicted octanol–water partition coefficient (Wildman–Crippen LogP) is 3.83. The normalized spacial score (nSPS) is 27.0. The van der Waals surface area contributed by atoms with Crippen molar-refractivity contribution in [1.29, 1.82) is 0 Å². The fraction of sp³-hybridized carbons (Fsp3) is 0.733. The molecule has 0 saturated heterocycles. The second-order valence-corrected chi connectivity index (χ2v) is 5.74. The van der Waals surface area contributed by atoms with Gasteiger partial charge >= 0.3 is 0 Å². The summed E-state index contributed by atoms with van der Waals surface area (Å²) in [7, 11) is 0. The molecule has 0 aliphatic heterocycles. The van der Waals surface area contributed by atoms with Crippen LogP contribution in [0.2, 0.25) is 0 Å². The molecule has 1 saturated carbocycles. The summed E-state index contributed by atoms with van der Waals surface area (Å²) in [4.78, 5) is 0. The lowest BCUT2D eigenvalue weighted by Crippen LogP contribution is -2.36. The molecule has 2 heteroatoms. The van der Waals surface area contributed by atoms with E-state index in [1.165, 1.54) is 49.8 Å². The first-order valence-electron chi connectivity index (χ1n) is 7.17.